The minimum absolute atomic E-state index is 0.0108. The van der Waals surface area contributed by atoms with Crippen LogP contribution in [0.2, 0.25) is 5.02 Å². The van der Waals surface area contributed by atoms with Gasteiger partial charge in [0.15, 0.2) is 11.4 Å². The normalized spacial score (nSPS) is 29.1. The number of hydrogen-bond donors (Lipinski definition) is 5. The highest BCUT2D eigenvalue weighted by molar-refractivity contribution is 6.32. The van der Waals surface area contributed by atoms with Crippen molar-refractivity contribution < 1.29 is 34.8 Å². The molecule has 1 amide bonds. The van der Waals surface area contributed by atoms with Crippen molar-refractivity contribution in [2.24, 2.45) is 23.5 Å². The summed E-state index contributed by atoms with van der Waals surface area (Å²) in [6.45, 7) is 4.58. The maximum Gasteiger partial charge on any atom is 0.255 e. The lowest BCUT2D eigenvalue weighted by molar-refractivity contribution is -0.153. The molecule has 0 radical (unpaired) electrons. The number of nitrogens with two attached hydrogens (primary N) is 1. The molecule has 3 aliphatic carbocycles. The van der Waals surface area contributed by atoms with Gasteiger partial charge in [-0.25, -0.2) is 0 Å². The van der Waals surface area contributed by atoms with Crippen LogP contribution in [-0.2, 0) is 27.3 Å². The number of phenolic OH excluding ortho intramolecular Hbond substituents is 1. The zero-order valence-electron chi connectivity index (χ0n) is 23.6. The van der Waals surface area contributed by atoms with E-state index in [9.17, 15) is 34.8 Å². The first kappa shape index (κ1) is 29.6. The number of likely N-dealkylation sites (N-methyl/N-ethyl adjacent to an activating group) is 1. The lowest BCUT2D eigenvalue weighted by Crippen LogP contribution is -2.65. The van der Waals surface area contributed by atoms with E-state index in [2.05, 4.69) is 11.8 Å². The Morgan fingerprint density at radius 2 is 1.85 bits per heavy atom. The van der Waals surface area contributed by atoms with Crippen molar-refractivity contribution in [2.75, 3.05) is 27.2 Å². The van der Waals surface area contributed by atoms with Crippen molar-refractivity contribution >= 4 is 34.8 Å². The minimum atomic E-state index is -2.66. The van der Waals surface area contributed by atoms with Crippen LogP contribution in [0.3, 0.4) is 0 Å². The Labute approximate surface area is 244 Å². The molecule has 1 aromatic rings. The number of amides is 1. The molecule has 0 aromatic heterocycles. The maximum absolute atomic E-state index is 13.9. The average molecular weight is 588 g/mol. The third-order valence-electron chi connectivity index (χ3n) is 9.53. The van der Waals surface area contributed by atoms with Gasteiger partial charge in [-0.15, -0.1) is 0 Å². The van der Waals surface area contributed by atoms with E-state index in [1.807, 2.05) is 0 Å². The van der Waals surface area contributed by atoms with Crippen LogP contribution >= 0.6 is 11.6 Å². The van der Waals surface area contributed by atoms with Gasteiger partial charge in [0.25, 0.3) is 5.91 Å². The predicted octanol–water partition coefficient (Wildman–Crippen LogP) is 2.63. The molecule has 10 nitrogen and oxygen atoms in total. The average Bonchev–Trinajstić information content (AvgIpc) is 2.90. The number of carbonyl (C=O) groups excluding carboxylic acids is 3. The van der Waals surface area contributed by atoms with Crippen LogP contribution in [0.15, 0.2) is 23.0 Å². The molecule has 4 atom stereocenters. The number of piperidine rings is 1. The molecule has 0 spiro atoms. The maximum atomic E-state index is 13.9. The standard InChI is InChI=1S/C30H38ClN3O7/c1-4-5-14-6-8-34(9-7-14)13-16-12-19(35)21-17(23(16)31)10-15-11-18-24(33(2)3)26(37)22(29(32)40)28(39)30(18,41)27(38)20(15)25(21)36/h12,14-15,18,24,35-36,39,41H,4-11,13H2,1-3H3,(H2,32,40)/t15-,18-,24-,30-/m0/s1. The quantitative estimate of drug-likeness (QED) is 0.315. The topological polar surface area (TPSA) is 165 Å². The number of primary amides is 1. The molecule has 1 saturated carbocycles. The summed E-state index contributed by atoms with van der Waals surface area (Å²) < 4.78 is 0. The molecule has 0 bridgehead atoms. The van der Waals surface area contributed by atoms with Crippen molar-refractivity contribution in [1.82, 2.24) is 9.80 Å². The first-order chi connectivity index (χ1) is 19.3. The predicted molar refractivity (Wildman–Crippen MR) is 152 cm³/mol. The Kier molecular flexibility index (Phi) is 7.74. The molecule has 222 valence electrons. The number of aliphatic hydroxyl groups excluding tert-OH is 2. The number of hydrogen-bond acceptors (Lipinski definition) is 9. The Hall–Kier alpha value is -2.92. The molecule has 1 aliphatic heterocycles. The van der Waals surface area contributed by atoms with Crippen LogP contribution < -0.4 is 5.73 Å². The molecule has 1 aromatic carbocycles. The van der Waals surface area contributed by atoms with Crippen molar-refractivity contribution in [3.8, 4) is 5.75 Å². The number of benzene rings is 1. The summed E-state index contributed by atoms with van der Waals surface area (Å²) in [5.74, 6) is -6.02. The van der Waals surface area contributed by atoms with Crippen LogP contribution in [0.4, 0.5) is 0 Å². The fourth-order valence-corrected chi connectivity index (χ4v) is 7.83. The van der Waals surface area contributed by atoms with Crippen molar-refractivity contribution in [3.05, 3.63) is 44.7 Å². The minimum Gasteiger partial charge on any atom is -0.508 e. The van der Waals surface area contributed by atoms with E-state index in [4.69, 9.17) is 17.3 Å². The SMILES string of the molecule is CCCC1CCN(Cc2cc(O)c3c(c2Cl)C[C@H]2C[C@H]4[C@H](N(C)C)C(=O)C(C(N)=O)=C(O)[C@@]4(O)C(=O)C2=C3O)CC1. The van der Waals surface area contributed by atoms with Crippen molar-refractivity contribution in [1.29, 1.82) is 0 Å². The zero-order valence-corrected chi connectivity index (χ0v) is 24.4. The largest absolute Gasteiger partial charge is 0.508 e. The van der Waals surface area contributed by atoms with Gasteiger partial charge in [-0.1, -0.05) is 31.4 Å². The zero-order chi connectivity index (χ0) is 30.0. The smallest absolute Gasteiger partial charge is 0.255 e. The summed E-state index contributed by atoms with van der Waals surface area (Å²) >= 11 is 6.91. The molecule has 11 heteroatoms. The van der Waals surface area contributed by atoms with Gasteiger partial charge in [0.2, 0.25) is 5.78 Å². The van der Waals surface area contributed by atoms with Crippen LogP contribution in [0, 0.1) is 17.8 Å². The number of halogens is 1. The number of fused-ring (bicyclic) bond motifs is 3. The van der Waals surface area contributed by atoms with E-state index in [0.29, 0.717) is 17.1 Å². The third-order valence-corrected chi connectivity index (χ3v) is 10.00. The van der Waals surface area contributed by atoms with E-state index in [1.165, 1.54) is 23.8 Å². The second-order valence-corrected chi connectivity index (χ2v) is 12.6. The molecule has 1 heterocycles. The van der Waals surface area contributed by atoms with E-state index in [-0.39, 0.29) is 29.7 Å². The van der Waals surface area contributed by atoms with E-state index in [1.54, 1.807) is 14.1 Å². The Balaban J connectivity index is 1.55. The first-order valence-corrected chi connectivity index (χ1v) is 14.6. The number of aromatic hydroxyl groups is 1. The molecular weight excluding hydrogens is 550 g/mol. The van der Waals surface area contributed by atoms with Gasteiger partial charge in [0.1, 0.15) is 22.8 Å². The molecule has 41 heavy (non-hydrogen) atoms. The van der Waals surface area contributed by atoms with Gasteiger partial charge in [0.05, 0.1) is 11.6 Å². The third kappa shape index (κ3) is 4.56. The fraction of sp³-hybridized carbons (Fsp3) is 0.567. The highest BCUT2D eigenvalue weighted by atomic mass is 35.5. The summed E-state index contributed by atoms with van der Waals surface area (Å²) in [4.78, 5) is 43.0. The summed E-state index contributed by atoms with van der Waals surface area (Å²) in [5, 5.41) is 45.5. The summed E-state index contributed by atoms with van der Waals surface area (Å²) in [6, 6.07) is 0.379. The Bertz CT molecular complexity index is 1380. The lowest BCUT2D eigenvalue weighted by atomic mass is 9.57. The first-order valence-electron chi connectivity index (χ1n) is 14.2. The number of rotatable bonds is 6. The fourth-order valence-electron chi connectivity index (χ4n) is 7.54. The van der Waals surface area contributed by atoms with Gasteiger partial charge in [-0.05, 0) is 81.9 Å². The monoisotopic (exact) mass is 587 g/mol. The number of likely N-dealkylation sites (tertiary alicyclic amines) is 1. The number of nitrogens with zero attached hydrogens (tertiary/aromatic N) is 2. The molecular formula is C30H38ClN3O7. The second-order valence-electron chi connectivity index (χ2n) is 12.2. The summed E-state index contributed by atoms with van der Waals surface area (Å²) in [7, 11) is 3.14. The van der Waals surface area contributed by atoms with Gasteiger partial charge < -0.3 is 26.2 Å². The number of Topliss-reactive ketones (excluding diaryl/α,β-unsaturated/α-hetero) is 2. The van der Waals surface area contributed by atoms with Gasteiger partial charge in [-0.2, -0.15) is 0 Å². The Morgan fingerprint density at radius 3 is 2.44 bits per heavy atom. The summed E-state index contributed by atoms with van der Waals surface area (Å²) in [6.07, 6.45) is 4.80. The van der Waals surface area contributed by atoms with E-state index >= 15 is 0 Å². The van der Waals surface area contributed by atoms with Crippen LogP contribution in [0.25, 0.3) is 5.76 Å². The van der Waals surface area contributed by atoms with Crippen molar-refractivity contribution in [2.45, 2.75) is 63.6 Å². The van der Waals surface area contributed by atoms with Gasteiger partial charge in [0, 0.05) is 23.1 Å². The second kappa shape index (κ2) is 10.7. The van der Waals surface area contributed by atoms with Crippen LogP contribution in [-0.4, -0.2) is 86.5 Å². The molecule has 1 saturated heterocycles. The van der Waals surface area contributed by atoms with Gasteiger partial charge in [-0.3, -0.25) is 24.2 Å². The molecule has 6 N–H and O–H groups in total. The molecule has 0 unspecified atom stereocenters. The highest BCUT2D eigenvalue weighted by Gasteiger charge is 2.64. The number of aliphatic hydroxyl groups is 3. The number of ketones is 2. The molecule has 2 fully saturated rings. The molecule has 5 rings (SSSR count). The lowest BCUT2D eigenvalue weighted by Gasteiger charge is -2.50. The highest BCUT2D eigenvalue weighted by Crippen LogP contribution is 2.53. The van der Waals surface area contributed by atoms with E-state index in [0.717, 1.165) is 37.4 Å². The van der Waals surface area contributed by atoms with Crippen molar-refractivity contribution in [3.63, 3.8) is 0 Å². The van der Waals surface area contributed by atoms with Crippen LogP contribution in [0.1, 0.15) is 55.7 Å². The molecule has 4 aliphatic rings. The number of carbonyl (C=O) groups is 3. The van der Waals surface area contributed by atoms with E-state index < -0.39 is 58.0 Å². The number of phenols is 1. The summed E-state index contributed by atoms with van der Waals surface area (Å²) in [5.41, 5.74) is 2.91. The van der Waals surface area contributed by atoms with Gasteiger partial charge >= 0.3 is 0 Å². The van der Waals surface area contributed by atoms with Crippen LogP contribution in [0.5, 0.6) is 5.75 Å². The Morgan fingerprint density at radius 1 is 1.20 bits per heavy atom.